The van der Waals surface area contributed by atoms with Gasteiger partial charge in [-0.05, 0) is 56.1 Å². The molecule has 1 aromatic rings. The molecule has 2 rings (SSSR count). The maximum atomic E-state index is 11.8. The topological polar surface area (TPSA) is 32.3 Å². The molecule has 1 aromatic carbocycles. The van der Waals surface area contributed by atoms with Crippen LogP contribution in [0, 0.1) is 5.92 Å². The van der Waals surface area contributed by atoms with Crippen molar-refractivity contribution in [1.29, 1.82) is 0 Å². The maximum absolute atomic E-state index is 11.8. The molecule has 1 saturated heterocycles. The molecule has 0 spiro atoms. The van der Waals surface area contributed by atoms with Crippen molar-refractivity contribution in [1.82, 2.24) is 10.2 Å². The summed E-state index contributed by atoms with van der Waals surface area (Å²) in [6.07, 6.45) is 3.91. The molecule has 0 saturated carbocycles. The zero-order valence-corrected chi connectivity index (χ0v) is 14.8. The number of hydrogen-bond donors (Lipinski definition) is 1. The quantitative estimate of drug-likeness (QED) is 0.849. The first-order valence-corrected chi connectivity index (χ1v) is 8.63. The van der Waals surface area contributed by atoms with Gasteiger partial charge in [0.25, 0.3) is 5.91 Å². The number of rotatable bonds is 4. The van der Waals surface area contributed by atoms with Crippen LogP contribution in [0.2, 0.25) is 5.02 Å². The molecule has 0 unspecified atom stereocenters. The summed E-state index contributed by atoms with van der Waals surface area (Å²) in [7, 11) is 0. The van der Waals surface area contributed by atoms with E-state index in [1.54, 1.807) is 24.3 Å². The zero-order valence-electron chi connectivity index (χ0n) is 14.1. The van der Waals surface area contributed by atoms with Gasteiger partial charge in [-0.1, -0.05) is 46.2 Å². The number of carbonyl (C=O) groups is 1. The highest BCUT2D eigenvalue weighted by atomic mass is 35.5. The smallest absolute Gasteiger partial charge is 0.251 e. The Morgan fingerprint density at radius 1 is 1.13 bits per heavy atom. The molecule has 1 heterocycles. The summed E-state index contributed by atoms with van der Waals surface area (Å²) < 4.78 is 0. The largest absolute Gasteiger partial charge is 0.351 e. The van der Waals surface area contributed by atoms with E-state index in [4.69, 9.17) is 11.6 Å². The van der Waals surface area contributed by atoms with Crippen molar-refractivity contribution in [2.75, 3.05) is 26.2 Å². The van der Waals surface area contributed by atoms with Crippen molar-refractivity contribution >= 4 is 17.5 Å². The fourth-order valence-electron chi connectivity index (χ4n) is 2.21. The number of carbonyl (C=O) groups excluding carboxylic acids is 1. The van der Waals surface area contributed by atoms with Gasteiger partial charge in [0, 0.05) is 23.7 Å². The van der Waals surface area contributed by atoms with Gasteiger partial charge in [0.15, 0.2) is 0 Å². The average Bonchev–Trinajstić information content (AvgIpc) is 2.48. The predicted molar refractivity (Wildman–Crippen MR) is 101 cm³/mol. The summed E-state index contributed by atoms with van der Waals surface area (Å²) in [6, 6.07) is 6.97. The lowest BCUT2D eigenvalue weighted by molar-refractivity contribution is 0.0946. The first-order valence-electron chi connectivity index (χ1n) is 8.25. The number of benzene rings is 1. The van der Waals surface area contributed by atoms with Gasteiger partial charge in [-0.3, -0.25) is 4.79 Å². The van der Waals surface area contributed by atoms with Crippen LogP contribution in [0.1, 0.15) is 57.8 Å². The van der Waals surface area contributed by atoms with Gasteiger partial charge in [0.1, 0.15) is 0 Å². The molecule has 0 aromatic heterocycles. The third kappa shape index (κ3) is 10.4. The van der Waals surface area contributed by atoms with Gasteiger partial charge in [-0.15, -0.1) is 0 Å². The number of likely N-dealkylation sites (tertiary alicyclic amines) is 1. The monoisotopic (exact) mass is 340 g/mol. The van der Waals surface area contributed by atoms with Gasteiger partial charge in [0.05, 0.1) is 0 Å². The Balaban J connectivity index is 0.000000871. The molecule has 0 atom stereocenters. The van der Waals surface area contributed by atoms with Crippen molar-refractivity contribution in [3.05, 3.63) is 34.9 Å². The Hall–Kier alpha value is -1.06. The average molecular weight is 341 g/mol. The number of amides is 1. The van der Waals surface area contributed by atoms with Crippen molar-refractivity contribution in [3.8, 4) is 0 Å². The van der Waals surface area contributed by atoms with E-state index in [9.17, 15) is 4.79 Å². The van der Waals surface area contributed by atoms with E-state index in [1.165, 1.54) is 19.3 Å². The molecule has 1 amide bonds. The lowest BCUT2D eigenvalue weighted by Gasteiger charge is -2.26. The highest BCUT2D eigenvalue weighted by molar-refractivity contribution is 6.30. The first-order chi connectivity index (χ1) is 10.5. The number of piperidine rings is 1. The summed E-state index contributed by atoms with van der Waals surface area (Å²) in [5.41, 5.74) is 0.665. The Morgan fingerprint density at radius 2 is 1.65 bits per heavy atom. The molecule has 4 heteroatoms. The standard InChI is InChI=1S/C14H19ClN2O.C4H10.CH4/c15-13-6-4-12(5-7-13)14(18)16-8-11-17-9-2-1-3-10-17;1-4(2)3;/h4-7H,1-3,8-11H2,(H,16,18);4H,1-3H3;1H4. The van der Waals surface area contributed by atoms with Crippen LogP contribution in [0.4, 0.5) is 0 Å². The molecule has 0 bridgehead atoms. The summed E-state index contributed by atoms with van der Waals surface area (Å²) in [4.78, 5) is 14.2. The molecule has 0 radical (unpaired) electrons. The van der Waals surface area contributed by atoms with Crippen LogP contribution >= 0.6 is 11.6 Å². The Labute approximate surface area is 147 Å². The minimum absolute atomic E-state index is 0. The summed E-state index contributed by atoms with van der Waals surface area (Å²) in [5.74, 6) is 0.809. The van der Waals surface area contributed by atoms with Crippen molar-refractivity contribution in [3.63, 3.8) is 0 Å². The van der Waals surface area contributed by atoms with E-state index in [0.717, 1.165) is 25.6 Å². The molecular formula is C19H33ClN2O. The van der Waals surface area contributed by atoms with Crippen LogP contribution in [0.25, 0.3) is 0 Å². The minimum Gasteiger partial charge on any atom is -0.351 e. The minimum atomic E-state index is -0.0244. The second kappa shape index (κ2) is 12.4. The normalized spacial score (nSPS) is 14.5. The summed E-state index contributed by atoms with van der Waals surface area (Å²) in [6.45, 7) is 10.5. The van der Waals surface area contributed by atoms with Gasteiger partial charge >= 0.3 is 0 Å². The van der Waals surface area contributed by atoms with E-state index >= 15 is 0 Å². The predicted octanol–water partition coefficient (Wildman–Crippen LogP) is 4.85. The summed E-state index contributed by atoms with van der Waals surface area (Å²) >= 11 is 5.78. The van der Waals surface area contributed by atoms with E-state index in [2.05, 4.69) is 31.0 Å². The van der Waals surface area contributed by atoms with Gasteiger partial charge < -0.3 is 10.2 Å². The second-order valence-electron chi connectivity index (χ2n) is 6.40. The maximum Gasteiger partial charge on any atom is 0.251 e. The van der Waals surface area contributed by atoms with E-state index in [-0.39, 0.29) is 13.3 Å². The van der Waals surface area contributed by atoms with Crippen LogP contribution in [-0.2, 0) is 0 Å². The lowest BCUT2D eigenvalue weighted by Crippen LogP contribution is -2.37. The number of halogens is 1. The van der Waals surface area contributed by atoms with E-state index < -0.39 is 0 Å². The van der Waals surface area contributed by atoms with Crippen LogP contribution in [0.15, 0.2) is 24.3 Å². The van der Waals surface area contributed by atoms with Crippen LogP contribution in [-0.4, -0.2) is 37.0 Å². The van der Waals surface area contributed by atoms with Crippen LogP contribution in [0.5, 0.6) is 0 Å². The molecule has 0 aliphatic carbocycles. The molecule has 1 aliphatic rings. The van der Waals surface area contributed by atoms with Gasteiger partial charge in [-0.25, -0.2) is 0 Å². The molecule has 3 nitrogen and oxygen atoms in total. The molecular weight excluding hydrogens is 308 g/mol. The van der Waals surface area contributed by atoms with Gasteiger partial charge in [-0.2, -0.15) is 0 Å². The molecule has 1 N–H and O–H groups in total. The van der Waals surface area contributed by atoms with Crippen LogP contribution < -0.4 is 5.32 Å². The first kappa shape index (κ1) is 21.9. The molecule has 132 valence electrons. The fourth-order valence-corrected chi connectivity index (χ4v) is 2.34. The molecule has 1 aliphatic heterocycles. The highest BCUT2D eigenvalue weighted by Crippen LogP contribution is 2.09. The van der Waals surface area contributed by atoms with Crippen molar-refractivity contribution in [2.24, 2.45) is 5.92 Å². The van der Waals surface area contributed by atoms with Crippen LogP contribution in [0.3, 0.4) is 0 Å². The molecule has 1 fully saturated rings. The second-order valence-corrected chi connectivity index (χ2v) is 6.83. The number of nitrogens with one attached hydrogen (secondary N) is 1. The van der Waals surface area contributed by atoms with E-state index in [1.807, 2.05) is 0 Å². The number of nitrogens with zero attached hydrogens (tertiary/aromatic N) is 1. The lowest BCUT2D eigenvalue weighted by atomic mass is 10.1. The van der Waals surface area contributed by atoms with E-state index in [0.29, 0.717) is 17.1 Å². The highest BCUT2D eigenvalue weighted by Gasteiger charge is 2.10. The third-order valence-corrected chi connectivity index (χ3v) is 3.52. The molecule has 23 heavy (non-hydrogen) atoms. The SMILES string of the molecule is C.CC(C)C.O=C(NCCN1CCCCC1)c1ccc(Cl)cc1. The third-order valence-electron chi connectivity index (χ3n) is 3.27. The Morgan fingerprint density at radius 3 is 2.17 bits per heavy atom. The van der Waals surface area contributed by atoms with Crippen molar-refractivity contribution in [2.45, 2.75) is 47.5 Å². The number of hydrogen-bond acceptors (Lipinski definition) is 2. The van der Waals surface area contributed by atoms with Gasteiger partial charge in [0.2, 0.25) is 0 Å². The zero-order chi connectivity index (χ0) is 16.4. The Kier molecular flexibility index (Phi) is 11.8. The Bertz CT molecular complexity index is 423. The van der Waals surface area contributed by atoms with Crippen molar-refractivity contribution < 1.29 is 4.79 Å². The summed E-state index contributed by atoms with van der Waals surface area (Å²) in [5, 5.41) is 3.59. The fraction of sp³-hybridized carbons (Fsp3) is 0.632.